The van der Waals surface area contributed by atoms with Crippen molar-refractivity contribution in [3.8, 4) is 0 Å². The summed E-state index contributed by atoms with van der Waals surface area (Å²) in [6.07, 6.45) is 0. The topological polar surface area (TPSA) is 63.8 Å². The van der Waals surface area contributed by atoms with Gasteiger partial charge in [-0.25, -0.2) is 15.8 Å². The number of aromatic nitrogens is 2. The summed E-state index contributed by atoms with van der Waals surface area (Å²) in [7, 11) is 0. The molecule has 0 amide bonds. The molecule has 0 aliphatic heterocycles. The van der Waals surface area contributed by atoms with Crippen molar-refractivity contribution >= 4 is 28.3 Å². The van der Waals surface area contributed by atoms with Crippen LogP contribution in [0.25, 0.3) is 10.9 Å². The molecule has 0 aliphatic rings. The summed E-state index contributed by atoms with van der Waals surface area (Å²) in [5, 5.41) is 0.909. The molecule has 15 heavy (non-hydrogen) atoms. The zero-order valence-corrected chi connectivity index (χ0v) is 9.04. The van der Waals surface area contributed by atoms with Gasteiger partial charge in [0.25, 0.3) is 0 Å². The van der Waals surface area contributed by atoms with E-state index >= 15 is 0 Å². The van der Waals surface area contributed by atoms with Crippen LogP contribution < -0.4 is 11.3 Å². The van der Waals surface area contributed by atoms with Gasteiger partial charge >= 0.3 is 0 Å². The van der Waals surface area contributed by atoms with Crippen LogP contribution in [-0.2, 0) is 5.88 Å². The maximum absolute atomic E-state index is 5.69. The fraction of sp³-hybridized carbons (Fsp3) is 0.200. The highest BCUT2D eigenvalue weighted by molar-refractivity contribution is 6.16. The molecule has 5 heteroatoms. The van der Waals surface area contributed by atoms with E-state index in [-0.39, 0.29) is 5.88 Å². The second-order valence-electron chi connectivity index (χ2n) is 3.29. The van der Waals surface area contributed by atoms with Crippen LogP contribution in [0.4, 0.5) is 5.82 Å². The standard InChI is InChI=1S/C10H11ClN4/c1-6-2-3-8-7(4-6)10(15-12)14-9(5-11)13-8/h2-4H,5,12H2,1H3,(H,13,14,15). The van der Waals surface area contributed by atoms with E-state index in [0.29, 0.717) is 11.6 Å². The number of anilines is 1. The molecular formula is C10H11ClN4. The maximum atomic E-state index is 5.69. The lowest BCUT2D eigenvalue weighted by molar-refractivity contribution is 1.05. The van der Waals surface area contributed by atoms with Crippen molar-refractivity contribution in [2.45, 2.75) is 12.8 Å². The molecule has 78 valence electrons. The van der Waals surface area contributed by atoms with Crippen LogP contribution in [0, 0.1) is 6.92 Å². The summed E-state index contributed by atoms with van der Waals surface area (Å²) >= 11 is 5.69. The molecule has 3 N–H and O–H groups in total. The Morgan fingerprint density at radius 3 is 2.87 bits per heavy atom. The Bertz CT molecular complexity index is 498. The summed E-state index contributed by atoms with van der Waals surface area (Å²) < 4.78 is 0. The Hall–Kier alpha value is -1.39. The van der Waals surface area contributed by atoms with Gasteiger partial charge in [-0.15, -0.1) is 11.6 Å². The number of alkyl halides is 1. The lowest BCUT2D eigenvalue weighted by Gasteiger charge is -2.06. The molecule has 0 saturated carbocycles. The number of benzene rings is 1. The summed E-state index contributed by atoms with van der Waals surface area (Å²) in [5.41, 5.74) is 4.55. The van der Waals surface area contributed by atoms with E-state index in [1.807, 2.05) is 25.1 Å². The highest BCUT2D eigenvalue weighted by atomic mass is 35.5. The molecule has 0 radical (unpaired) electrons. The largest absolute Gasteiger partial charge is 0.308 e. The Labute approximate surface area is 92.4 Å². The van der Waals surface area contributed by atoms with Gasteiger partial charge in [0.15, 0.2) is 5.82 Å². The van der Waals surface area contributed by atoms with Crippen molar-refractivity contribution in [2.75, 3.05) is 5.43 Å². The molecule has 0 bridgehead atoms. The number of nitrogens with one attached hydrogen (secondary N) is 1. The van der Waals surface area contributed by atoms with E-state index in [2.05, 4.69) is 15.4 Å². The Balaban J connectivity index is 2.75. The van der Waals surface area contributed by atoms with Crippen LogP contribution in [0.1, 0.15) is 11.4 Å². The first-order valence-corrected chi connectivity index (χ1v) is 5.08. The van der Waals surface area contributed by atoms with Crippen molar-refractivity contribution in [3.05, 3.63) is 29.6 Å². The number of nitrogens with two attached hydrogens (primary N) is 1. The van der Waals surface area contributed by atoms with Crippen molar-refractivity contribution in [2.24, 2.45) is 5.84 Å². The molecule has 0 atom stereocenters. The normalized spacial score (nSPS) is 10.6. The second kappa shape index (κ2) is 4.00. The molecular weight excluding hydrogens is 212 g/mol. The van der Waals surface area contributed by atoms with Gasteiger partial charge in [0.1, 0.15) is 5.82 Å². The molecule has 1 aromatic heterocycles. The lowest BCUT2D eigenvalue weighted by Crippen LogP contribution is -2.10. The number of hydrazine groups is 1. The fourth-order valence-corrected chi connectivity index (χ4v) is 1.58. The highest BCUT2D eigenvalue weighted by Gasteiger charge is 2.05. The van der Waals surface area contributed by atoms with Gasteiger partial charge in [-0.2, -0.15) is 0 Å². The van der Waals surface area contributed by atoms with Gasteiger partial charge in [-0.1, -0.05) is 11.6 Å². The first-order valence-electron chi connectivity index (χ1n) is 4.54. The minimum atomic E-state index is 0.276. The number of halogens is 1. The van der Waals surface area contributed by atoms with Crippen LogP contribution in [-0.4, -0.2) is 9.97 Å². The van der Waals surface area contributed by atoms with Crippen LogP contribution in [0.15, 0.2) is 18.2 Å². The third-order valence-corrected chi connectivity index (χ3v) is 2.39. The smallest absolute Gasteiger partial charge is 0.151 e. The number of nitrogen functional groups attached to an aromatic ring is 1. The number of nitrogens with zero attached hydrogens (tertiary/aromatic N) is 2. The van der Waals surface area contributed by atoms with Gasteiger partial charge in [0, 0.05) is 5.39 Å². The summed E-state index contributed by atoms with van der Waals surface area (Å²) in [5.74, 6) is 6.86. The van der Waals surface area contributed by atoms with Gasteiger partial charge in [-0.3, -0.25) is 0 Å². The SMILES string of the molecule is Cc1ccc2nc(CCl)nc(NN)c2c1. The molecule has 0 spiro atoms. The molecule has 0 saturated heterocycles. The number of aryl methyl sites for hydroxylation is 1. The second-order valence-corrected chi connectivity index (χ2v) is 3.55. The van der Waals surface area contributed by atoms with Crippen LogP contribution in [0.5, 0.6) is 0 Å². The molecule has 0 aliphatic carbocycles. The van der Waals surface area contributed by atoms with Gasteiger partial charge in [0.2, 0.25) is 0 Å². The molecule has 1 aromatic carbocycles. The number of hydrogen-bond donors (Lipinski definition) is 2. The maximum Gasteiger partial charge on any atom is 0.151 e. The quantitative estimate of drug-likeness (QED) is 0.463. The number of rotatable bonds is 2. The summed E-state index contributed by atoms with van der Waals surface area (Å²) in [4.78, 5) is 8.50. The first kappa shape index (κ1) is 10.1. The monoisotopic (exact) mass is 222 g/mol. The average molecular weight is 223 g/mol. The van der Waals surface area contributed by atoms with E-state index in [1.54, 1.807) is 0 Å². The van der Waals surface area contributed by atoms with Crippen LogP contribution >= 0.6 is 11.6 Å². The van der Waals surface area contributed by atoms with Crippen molar-refractivity contribution in [3.63, 3.8) is 0 Å². The van der Waals surface area contributed by atoms with Crippen LogP contribution in [0.2, 0.25) is 0 Å². The number of fused-ring (bicyclic) bond motifs is 1. The Kier molecular flexibility index (Phi) is 2.70. The minimum Gasteiger partial charge on any atom is -0.308 e. The Morgan fingerprint density at radius 2 is 2.20 bits per heavy atom. The predicted molar refractivity (Wildman–Crippen MR) is 61.6 cm³/mol. The third-order valence-electron chi connectivity index (χ3n) is 2.15. The van der Waals surface area contributed by atoms with E-state index < -0.39 is 0 Å². The molecule has 2 rings (SSSR count). The van der Waals surface area contributed by atoms with Crippen molar-refractivity contribution in [1.29, 1.82) is 0 Å². The lowest BCUT2D eigenvalue weighted by atomic mass is 10.1. The molecule has 1 heterocycles. The molecule has 0 fully saturated rings. The number of hydrogen-bond acceptors (Lipinski definition) is 4. The van der Waals surface area contributed by atoms with E-state index in [1.165, 1.54) is 0 Å². The summed E-state index contributed by atoms with van der Waals surface area (Å²) in [6.45, 7) is 2.01. The van der Waals surface area contributed by atoms with Crippen molar-refractivity contribution in [1.82, 2.24) is 9.97 Å². The zero-order valence-electron chi connectivity index (χ0n) is 8.29. The molecule has 2 aromatic rings. The first-order chi connectivity index (χ1) is 7.24. The molecule has 0 unspecified atom stereocenters. The Morgan fingerprint density at radius 1 is 1.40 bits per heavy atom. The van der Waals surface area contributed by atoms with E-state index in [4.69, 9.17) is 17.4 Å². The van der Waals surface area contributed by atoms with Gasteiger partial charge in [0.05, 0.1) is 11.4 Å². The minimum absolute atomic E-state index is 0.276. The summed E-state index contributed by atoms with van der Waals surface area (Å²) in [6, 6.07) is 5.92. The van der Waals surface area contributed by atoms with Crippen LogP contribution in [0.3, 0.4) is 0 Å². The van der Waals surface area contributed by atoms with Gasteiger partial charge < -0.3 is 5.43 Å². The van der Waals surface area contributed by atoms with Crippen molar-refractivity contribution < 1.29 is 0 Å². The van der Waals surface area contributed by atoms with E-state index in [9.17, 15) is 0 Å². The van der Waals surface area contributed by atoms with Gasteiger partial charge in [-0.05, 0) is 19.1 Å². The highest BCUT2D eigenvalue weighted by Crippen LogP contribution is 2.21. The average Bonchev–Trinajstić information content (AvgIpc) is 2.27. The predicted octanol–water partition coefficient (Wildman–Crippen LogP) is 1.96. The van der Waals surface area contributed by atoms with E-state index in [0.717, 1.165) is 16.5 Å². The fourth-order valence-electron chi connectivity index (χ4n) is 1.46. The third kappa shape index (κ3) is 1.86. The zero-order chi connectivity index (χ0) is 10.8. The molecule has 4 nitrogen and oxygen atoms in total.